The molecule has 1 saturated heterocycles. The Balaban J connectivity index is 1.70. The molecule has 2 fully saturated rings. The standard InChI is InChI=1S/C23H25FN4/c1-16(21-4-2-3-10-27-21)23-13-17(14-25)22(12-18(23)9-11-26-15-23)28-20-7-5-19(24)6-8-20/h2-8,10,14,18,26H,1,9,11-13,15,25H2. The average molecular weight is 376 g/mol. The normalized spacial score (nSPS) is 27.5. The number of aliphatic imine (C=N–C) groups is 1. The van der Waals surface area contributed by atoms with Crippen molar-refractivity contribution >= 4 is 17.0 Å². The molecule has 0 spiro atoms. The Bertz CT molecular complexity index is 917. The lowest BCUT2D eigenvalue weighted by atomic mass is 9.58. The molecule has 1 aliphatic heterocycles. The van der Waals surface area contributed by atoms with Gasteiger partial charge in [-0.3, -0.25) is 9.98 Å². The zero-order valence-corrected chi connectivity index (χ0v) is 15.9. The van der Waals surface area contributed by atoms with E-state index >= 15 is 0 Å². The van der Waals surface area contributed by atoms with E-state index in [4.69, 9.17) is 10.7 Å². The minimum Gasteiger partial charge on any atom is -0.404 e. The zero-order valence-electron chi connectivity index (χ0n) is 15.9. The SMILES string of the molecule is C=C(c1ccccn1)C12CNCCC1CC(=Nc1ccc(F)cc1)C(=CN)C2. The van der Waals surface area contributed by atoms with Gasteiger partial charge in [-0.05, 0) is 85.5 Å². The fourth-order valence-electron chi connectivity index (χ4n) is 4.52. The molecule has 0 amide bonds. The predicted octanol–water partition coefficient (Wildman–Crippen LogP) is 4.24. The van der Waals surface area contributed by atoms with Gasteiger partial charge < -0.3 is 11.1 Å². The van der Waals surface area contributed by atoms with E-state index in [0.29, 0.717) is 5.92 Å². The minimum atomic E-state index is -0.258. The summed E-state index contributed by atoms with van der Waals surface area (Å²) in [5.74, 6) is 0.150. The van der Waals surface area contributed by atoms with Crippen LogP contribution >= 0.6 is 0 Å². The number of nitrogens with one attached hydrogen (secondary N) is 1. The molecular formula is C23H25FN4. The first kappa shape index (κ1) is 18.6. The molecule has 0 bridgehead atoms. The number of pyridine rings is 1. The Kier molecular flexibility index (Phi) is 5.09. The van der Waals surface area contributed by atoms with Gasteiger partial charge in [-0.1, -0.05) is 12.6 Å². The molecule has 1 saturated carbocycles. The van der Waals surface area contributed by atoms with Gasteiger partial charge in [0.25, 0.3) is 0 Å². The second kappa shape index (κ2) is 7.68. The maximum Gasteiger partial charge on any atom is 0.123 e. The van der Waals surface area contributed by atoms with Gasteiger partial charge in [0.2, 0.25) is 0 Å². The first-order valence-corrected chi connectivity index (χ1v) is 9.68. The van der Waals surface area contributed by atoms with Crippen LogP contribution in [0.4, 0.5) is 10.1 Å². The lowest BCUT2D eigenvalue weighted by Gasteiger charge is -2.49. The van der Waals surface area contributed by atoms with Crippen LogP contribution in [0.15, 0.2) is 72.0 Å². The second-order valence-electron chi connectivity index (χ2n) is 7.62. The van der Waals surface area contributed by atoms with Gasteiger partial charge in [-0.15, -0.1) is 0 Å². The van der Waals surface area contributed by atoms with Crippen molar-refractivity contribution in [1.82, 2.24) is 10.3 Å². The highest BCUT2D eigenvalue weighted by atomic mass is 19.1. The molecule has 1 aromatic heterocycles. The Labute approximate surface area is 165 Å². The molecule has 28 heavy (non-hydrogen) atoms. The number of benzene rings is 1. The lowest BCUT2D eigenvalue weighted by molar-refractivity contribution is 0.176. The molecule has 4 nitrogen and oxygen atoms in total. The van der Waals surface area contributed by atoms with Crippen molar-refractivity contribution in [1.29, 1.82) is 0 Å². The van der Waals surface area contributed by atoms with Crippen LogP contribution in [0.3, 0.4) is 0 Å². The summed E-state index contributed by atoms with van der Waals surface area (Å²) in [6.45, 7) is 6.29. The summed E-state index contributed by atoms with van der Waals surface area (Å²) in [5.41, 5.74) is 10.7. The highest BCUT2D eigenvalue weighted by Gasteiger charge is 2.48. The summed E-state index contributed by atoms with van der Waals surface area (Å²) in [6, 6.07) is 12.2. The summed E-state index contributed by atoms with van der Waals surface area (Å²) in [7, 11) is 0. The van der Waals surface area contributed by atoms with E-state index in [2.05, 4.69) is 16.9 Å². The first-order chi connectivity index (χ1) is 13.6. The summed E-state index contributed by atoms with van der Waals surface area (Å²) in [4.78, 5) is 9.34. The molecule has 1 aliphatic carbocycles. The van der Waals surface area contributed by atoms with Gasteiger partial charge in [0.05, 0.1) is 11.4 Å². The van der Waals surface area contributed by atoms with Crippen LogP contribution in [-0.4, -0.2) is 23.8 Å². The van der Waals surface area contributed by atoms with Crippen LogP contribution in [0, 0.1) is 17.2 Å². The number of aromatic nitrogens is 1. The van der Waals surface area contributed by atoms with E-state index in [-0.39, 0.29) is 11.2 Å². The van der Waals surface area contributed by atoms with E-state index in [9.17, 15) is 4.39 Å². The summed E-state index contributed by atoms with van der Waals surface area (Å²) in [6.07, 6.45) is 6.13. The number of piperidine rings is 1. The highest BCUT2D eigenvalue weighted by Crippen LogP contribution is 2.52. The van der Waals surface area contributed by atoms with Crippen molar-refractivity contribution in [3.05, 3.63) is 78.5 Å². The molecule has 2 heterocycles. The van der Waals surface area contributed by atoms with Crippen molar-refractivity contribution in [2.75, 3.05) is 13.1 Å². The average Bonchev–Trinajstić information content (AvgIpc) is 2.75. The number of rotatable bonds is 3. The maximum atomic E-state index is 13.2. The van der Waals surface area contributed by atoms with Crippen molar-refractivity contribution in [2.45, 2.75) is 19.3 Å². The minimum absolute atomic E-state index is 0.125. The number of nitrogens with two attached hydrogens (primary N) is 1. The Morgan fingerprint density at radius 1 is 1.29 bits per heavy atom. The van der Waals surface area contributed by atoms with Crippen LogP contribution in [0.5, 0.6) is 0 Å². The third kappa shape index (κ3) is 3.38. The van der Waals surface area contributed by atoms with Gasteiger partial charge in [-0.25, -0.2) is 4.39 Å². The molecular weight excluding hydrogens is 351 g/mol. The quantitative estimate of drug-likeness (QED) is 0.842. The fourth-order valence-corrected chi connectivity index (χ4v) is 4.52. The number of hydrogen-bond acceptors (Lipinski definition) is 4. The topological polar surface area (TPSA) is 63.3 Å². The third-order valence-electron chi connectivity index (χ3n) is 6.07. The Morgan fingerprint density at radius 2 is 2.11 bits per heavy atom. The van der Waals surface area contributed by atoms with E-state index in [1.165, 1.54) is 12.1 Å². The van der Waals surface area contributed by atoms with Crippen molar-refractivity contribution in [3.8, 4) is 0 Å². The molecule has 2 atom stereocenters. The van der Waals surface area contributed by atoms with E-state index in [1.54, 1.807) is 18.3 Å². The lowest BCUT2D eigenvalue weighted by Crippen LogP contribution is -2.51. The first-order valence-electron chi connectivity index (χ1n) is 9.68. The second-order valence-corrected chi connectivity index (χ2v) is 7.62. The van der Waals surface area contributed by atoms with E-state index < -0.39 is 0 Å². The van der Waals surface area contributed by atoms with Crippen molar-refractivity contribution in [3.63, 3.8) is 0 Å². The largest absolute Gasteiger partial charge is 0.404 e. The molecule has 144 valence electrons. The molecule has 3 N–H and O–H groups in total. The number of allylic oxidation sites excluding steroid dienone is 1. The number of hydrogen-bond donors (Lipinski definition) is 2. The Hall–Kier alpha value is -2.79. The zero-order chi connectivity index (χ0) is 19.6. The predicted molar refractivity (Wildman–Crippen MR) is 112 cm³/mol. The molecule has 1 aromatic carbocycles. The number of halogens is 1. The summed E-state index contributed by atoms with van der Waals surface area (Å²) in [5, 5.41) is 3.55. The van der Waals surface area contributed by atoms with Crippen molar-refractivity contribution in [2.24, 2.45) is 22.1 Å². The fraction of sp³-hybridized carbons (Fsp3) is 0.304. The number of fused-ring (bicyclic) bond motifs is 1. The monoisotopic (exact) mass is 376 g/mol. The third-order valence-corrected chi connectivity index (χ3v) is 6.07. The molecule has 0 radical (unpaired) electrons. The molecule has 4 rings (SSSR count). The molecule has 2 aromatic rings. The smallest absolute Gasteiger partial charge is 0.123 e. The summed E-state index contributed by atoms with van der Waals surface area (Å²) >= 11 is 0. The highest BCUT2D eigenvalue weighted by molar-refractivity contribution is 6.03. The molecule has 5 heteroatoms. The Morgan fingerprint density at radius 3 is 2.82 bits per heavy atom. The maximum absolute atomic E-state index is 13.2. The number of nitrogens with zero attached hydrogens (tertiary/aromatic N) is 2. The van der Waals surface area contributed by atoms with Gasteiger partial charge in [-0.2, -0.15) is 0 Å². The molecule has 2 unspecified atom stereocenters. The van der Waals surface area contributed by atoms with Crippen LogP contribution in [0.2, 0.25) is 0 Å². The van der Waals surface area contributed by atoms with Crippen LogP contribution in [-0.2, 0) is 0 Å². The van der Waals surface area contributed by atoms with Crippen LogP contribution < -0.4 is 11.1 Å². The van der Waals surface area contributed by atoms with Crippen LogP contribution in [0.1, 0.15) is 25.0 Å². The van der Waals surface area contributed by atoms with Gasteiger partial charge in [0, 0.05) is 23.9 Å². The van der Waals surface area contributed by atoms with Crippen LogP contribution in [0.25, 0.3) is 5.57 Å². The van der Waals surface area contributed by atoms with E-state index in [0.717, 1.165) is 60.6 Å². The van der Waals surface area contributed by atoms with Gasteiger partial charge in [0.1, 0.15) is 5.82 Å². The summed E-state index contributed by atoms with van der Waals surface area (Å²) < 4.78 is 13.2. The van der Waals surface area contributed by atoms with Gasteiger partial charge >= 0.3 is 0 Å². The molecule has 2 aliphatic rings. The van der Waals surface area contributed by atoms with Crippen molar-refractivity contribution < 1.29 is 4.39 Å². The van der Waals surface area contributed by atoms with Gasteiger partial charge in [0.15, 0.2) is 0 Å². The van der Waals surface area contributed by atoms with E-state index in [1.807, 2.05) is 24.4 Å².